The molecule has 0 atom stereocenters. The van der Waals surface area contributed by atoms with Crippen molar-refractivity contribution in [3.8, 4) is 22.9 Å². The number of para-hydroxylation sites is 1. The minimum absolute atomic E-state index is 0.306. The van der Waals surface area contributed by atoms with Crippen LogP contribution in [0.1, 0.15) is 23.9 Å². The average molecular weight is 440 g/mol. The number of carbonyl (C=O) groups excluding carboxylic acids is 1. The molecule has 0 fully saturated rings. The van der Waals surface area contributed by atoms with Gasteiger partial charge in [-0.25, -0.2) is 19.7 Å². The van der Waals surface area contributed by atoms with Crippen LogP contribution < -0.4 is 15.4 Å². The van der Waals surface area contributed by atoms with E-state index in [4.69, 9.17) is 4.74 Å². The number of nitrogens with zero attached hydrogens (tertiary/aromatic N) is 3. The third-order valence-corrected chi connectivity index (χ3v) is 5.29. The second-order valence-corrected chi connectivity index (χ2v) is 7.48. The minimum Gasteiger partial charge on any atom is -0.438 e. The first kappa shape index (κ1) is 22.0. The lowest BCUT2D eigenvalue weighted by atomic mass is 10.1. The van der Waals surface area contributed by atoms with E-state index < -0.39 is 0 Å². The Morgan fingerprint density at radius 2 is 1.70 bits per heavy atom. The van der Waals surface area contributed by atoms with E-state index in [1.807, 2.05) is 81.4 Å². The molecule has 2 N–H and O–H groups in total. The van der Waals surface area contributed by atoms with Gasteiger partial charge in [0.05, 0.1) is 11.3 Å². The first-order chi connectivity index (χ1) is 16.0. The van der Waals surface area contributed by atoms with Crippen molar-refractivity contribution in [3.63, 3.8) is 0 Å². The number of urea groups is 1. The van der Waals surface area contributed by atoms with E-state index in [-0.39, 0.29) is 6.03 Å². The number of benzene rings is 2. The summed E-state index contributed by atoms with van der Waals surface area (Å²) in [7, 11) is 0. The van der Waals surface area contributed by atoms with E-state index in [1.165, 1.54) is 0 Å². The molecule has 0 saturated heterocycles. The first-order valence-corrected chi connectivity index (χ1v) is 10.7. The molecule has 0 saturated carbocycles. The molecule has 0 aliphatic carbocycles. The van der Waals surface area contributed by atoms with Gasteiger partial charge in [-0.05, 0) is 67.4 Å². The molecule has 33 heavy (non-hydrogen) atoms. The molecule has 0 unspecified atom stereocenters. The van der Waals surface area contributed by atoms with Crippen LogP contribution in [0, 0.1) is 13.8 Å². The van der Waals surface area contributed by atoms with E-state index >= 15 is 0 Å². The SMILES string of the molecule is CCc1nccc(-c2cccnc2Oc2ccc(NC(=O)Nc3ccccc3)c(C)c2C)n1. The molecule has 7 heteroatoms. The zero-order chi connectivity index (χ0) is 23.2. The number of amides is 2. The van der Waals surface area contributed by atoms with E-state index in [0.717, 1.165) is 40.3 Å². The average Bonchev–Trinajstić information content (AvgIpc) is 2.85. The van der Waals surface area contributed by atoms with E-state index in [9.17, 15) is 4.79 Å². The number of rotatable bonds is 6. The van der Waals surface area contributed by atoms with E-state index in [0.29, 0.717) is 17.3 Å². The number of carbonyl (C=O) groups is 1. The Balaban J connectivity index is 1.55. The van der Waals surface area contributed by atoms with Crippen LogP contribution in [0.5, 0.6) is 11.6 Å². The number of hydrogen-bond donors (Lipinski definition) is 2. The maximum atomic E-state index is 12.4. The molecule has 0 radical (unpaired) electrons. The minimum atomic E-state index is -0.306. The number of hydrogen-bond acceptors (Lipinski definition) is 5. The van der Waals surface area contributed by atoms with Crippen molar-refractivity contribution in [2.45, 2.75) is 27.2 Å². The fourth-order valence-electron chi connectivity index (χ4n) is 3.34. The molecule has 2 aromatic heterocycles. The Morgan fingerprint density at radius 3 is 2.48 bits per heavy atom. The zero-order valence-corrected chi connectivity index (χ0v) is 18.8. The van der Waals surface area contributed by atoms with Gasteiger partial charge in [-0.1, -0.05) is 25.1 Å². The number of ether oxygens (including phenoxy) is 1. The molecule has 0 aliphatic rings. The monoisotopic (exact) mass is 439 g/mol. The van der Waals surface area contributed by atoms with Crippen LogP contribution in [0.25, 0.3) is 11.3 Å². The highest BCUT2D eigenvalue weighted by Gasteiger charge is 2.15. The molecule has 0 aliphatic heterocycles. The van der Waals surface area contributed by atoms with E-state index in [1.54, 1.807) is 12.4 Å². The zero-order valence-electron chi connectivity index (χ0n) is 18.8. The molecule has 0 spiro atoms. The number of pyridine rings is 1. The lowest BCUT2D eigenvalue weighted by molar-refractivity contribution is 0.262. The lowest BCUT2D eigenvalue weighted by Crippen LogP contribution is -2.20. The lowest BCUT2D eigenvalue weighted by Gasteiger charge is -2.16. The van der Waals surface area contributed by atoms with Gasteiger partial charge in [-0.3, -0.25) is 0 Å². The summed E-state index contributed by atoms with van der Waals surface area (Å²) in [6.45, 7) is 5.91. The van der Waals surface area contributed by atoms with Crippen LogP contribution in [0.2, 0.25) is 0 Å². The maximum absolute atomic E-state index is 12.4. The van der Waals surface area contributed by atoms with Crippen LogP contribution in [0.15, 0.2) is 73.1 Å². The Hall–Kier alpha value is -4.26. The second-order valence-electron chi connectivity index (χ2n) is 7.48. The van der Waals surface area contributed by atoms with Gasteiger partial charge in [0.25, 0.3) is 0 Å². The highest BCUT2D eigenvalue weighted by molar-refractivity contribution is 6.00. The summed E-state index contributed by atoms with van der Waals surface area (Å²) in [6, 6.07) is 18.3. The fraction of sp³-hybridized carbons (Fsp3) is 0.154. The summed E-state index contributed by atoms with van der Waals surface area (Å²) < 4.78 is 6.20. The number of aryl methyl sites for hydroxylation is 1. The van der Waals surface area contributed by atoms with Crippen LogP contribution in [-0.2, 0) is 6.42 Å². The van der Waals surface area contributed by atoms with Crippen molar-refractivity contribution < 1.29 is 9.53 Å². The van der Waals surface area contributed by atoms with Crippen molar-refractivity contribution in [2.75, 3.05) is 10.6 Å². The fourth-order valence-corrected chi connectivity index (χ4v) is 3.34. The van der Waals surface area contributed by atoms with Crippen LogP contribution in [0.4, 0.5) is 16.2 Å². The Labute approximate surface area is 192 Å². The molecule has 0 bridgehead atoms. The van der Waals surface area contributed by atoms with Gasteiger partial charge in [0.15, 0.2) is 0 Å². The molecule has 2 heterocycles. The molecule has 166 valence electrons. The van der Waals surface area contributed by atoms with Gasteiger partial charge >= 0.3 is 6.03 Å². The molecule has 2 aromatic carbocycles. The van der Waals surface area contributed by atoms with Crippen molar-refractivity contribution in [2.24, 2.45) is 0 Å². The Morgan fingerprint density at radius 1 is 0.879 bits per heavy atom. The highest BCUT2D eigenvalue weighted by Crippen LogP contribution is 2.34. The van der Waals surface area contributed by atoms with Crippen molar-refractivity contribution in [1.29, 1.82) is 0 Å². The van der Waals surface area contributed by atoms with Gasteiger partial charge in [0.1, 0.15) is 11.6 Å². The largest absolute Gasteiger partial charge is 0.438 e. The quantitative estimate of drug-likeness (QED) is 0.376. The topological polar surface area (TPSA) is 89.0 Å². The standard InChI is InChI=1S/C26H25N5O2/c1-4-24-27-16-14-22(30-24)20-11-8-15-28-25(20)33-23-13-12-21(17(2)18(23)3)31-26(32)29-19-9-6-5-7-10-19/h5-16H,4H2,1-3H3,(H2,29,31,32). The second kappa shape index (κ2) is 9.91. The molecular formula is C26H25N5O2. The van der Waals surface area contributed by atoms with Crippen LogP contribution >= 0.6 is 0 Å². The Kier molecular flexibility index (Phi) is 6.59. The van der Waals surface area contributed by atoms with Gasteiger partial charge in [-0.15, -0.1) is 0 Å². The van der Waals surface area contributed by atoms with Crippen molar-refractivity contribution >= 4 is 17.4 Å². The summed E-state index contributed by atoms with van der Waals surface area (Å²) in [6.07, 6.45) is 4.18. The summed E-state index contributed by atoms with van der Waals surface area (Å²) >= 11 is 0. The number of aromatic nitrogens is 3. The van der Waals surface area contributed by atoms with Crippen molar-refractivity contribution in [1.82, 2.24) is 15.0 Å². The smallest absolute Gasteiger partial charge is 0.323 e. The summed E-state index contributed by atoms with van der Waals surface area (Å²) in [4.78, 5) is 25.7. The summed E-state index contributed by atoms with van der Waals surface area (Å²) in [5.74, 6) is 1.88. The molecular weight excluding hydrogens is 414 g/mol. The van der Waals surface area contributed by atoms with Crippen LogP contribution in [0.3, 0.4) is 0 Å². The molecule has 2 amide bonds. The molecule has 7 nitrogen and oxygen atoms in total. The maximum Gasteiger partial charge on any atom is 0.323 e. The summed E-state index contributed by atoms with van der Waals surface area (Å²) in [5.41, 5.74) is 4.79. The normalized spacial score (nSPS) is 10.5. The van der Waals surface area contributed by atoms with Crippen LogP contribution in [-0.4, -0.2) is 21.0 Å². The predicted molar refractivity (Wildman–Crippen MR) is 130 cm³/mol. The van der Waals surface area contributed by atoms with Gasteiger partial charge in [0.2, 0.25) is 5.88 Å². The number of nitrogens with one attached hydrogen (secondary N) is 2. The molecule has 4 aromatic rings. The van der Waals surface area contributed by atoms with Crippen molar-refractivity contribution in [3.05, 3.63) is 90.0 Å². The van der Waals surface area contributed by atoms with Gasteiger partial charge in [0, 0.05) is 30.2 Å². The molecule has 4 rings (SSSR count). The van der Waals surface area contributed by atoms with Gasteiger partial charge < -0.3 is 15.4 Å². The predicted octanol–water partition coefficient (Wildman–Crippen LogP) is 6.15. The third-order valence-electron chi connectivity index (χ3n) is 5.29. The first-order valence-electron chi connectivity index (χ1n) is 10.7. The number of anilines is 2. The Bertz CT molecular complexity index is 1270. The summed E-state index contributed by atoms with van der Waals surface area (Å²) in [5, 5.41) is 5.73. The van der Waals surface area contributed by atoms with Gasteiger partial charge in [-0.2, -0.15) is 0 Å². The highest BCUT2D eigenvalue weighted by atomic mass is 16.5. The third kappa shape index (κ3) is 5.15. The van der Waals surface area contributed by atoms with E-state index in [2.05, 4.69) is 25.6 Å².